The first-order valence-corrected chi connectivity index (χ1v) is 9.83. The van der Waals surface area contributed by atoms with Gasteiger partial charge in [-0.05, 0) is 25.3 Å². The van der Waals surface area contributed by atoms with Crippen molar-refractivity contribution in [3.63, 3.8) is 0 Å². The number of halogens is 1. The minimum atomic E-state index is -0.730. The molecule has 0 atom stereocenters. The summed E-state index contributed by atoms with van der Waals surface area (Å²) in [5.74, 6) is -0.861. The molecule has 0 amide bonds. The van der Waals surface area contributed by atoms with Crippen LogP contribution in [-0.2, 0) is 4.74 Å². The van der Waals surface area contributed by atoms with Gasteiger partial charge in [-0.15, -0.1) is 0 Å². The molecule has 0 radical (unpaired) electrons. The Labute approximate surface area is 178 Å². The number of morpholine rings is 1. The van der Waals surface area contributed by atoms with E-state index in [-0.39, 0.29) is 18.3 Å². The number of rotatable bonds is 7. The van der Waals surface area contributed by atoms with E-state index in [0.29, 0.717) is 31.9 Å². The molecule has 0 saturated carbocycles. The highest BCUT2D eigenvalue weighted by atomic mass is 19.1. The van der Waals surface area contributed by atoms with Crippen LogP contribution in [0.5, 0.6) is 0 Å². The van der Waals surface area contributed by atoms with Crippen LogP contribution < -0.4 is 5.73 Å². The third-order valence-corrected chi connectivity index (χ3v) is 4.02. The van der Waals surface area contributed by atoms with Crippen LogP contribution in [0.3, 0.4) is 0 Å². The van der Waals surface area contributed by atoms with Crippen molar-refractivity contribution in [1.82, 2.24) is 4.90 Å². The van der Waals surface area contributed by atoms with Gasteiger partial charge in [0.2, 0.25) is 0 Å². The summed E-state index contributed by atoms with van der Waals surface area (Å²) in [4.78, 5) is 13.8. The van der Waals surface area contributed by atoms with Crippen molar-refractivity contribution in [3.8, 4) is 0 Å². The number of allylic oxidation sites excluding steroid dienone is 1. The van der Waals surface area contributed by atoms with Crippen molar-refractivity contribution in [2.24, 2.45) is 20.7 Å². The lowest BCUT2D eigenvalue weighted by atomic mass is 10.0. The van der Waals surface area contributed by atoms with Crippen LogP contribution in [0.2, 0.25) is 0 Å². The highest BCUT2D eigenvalue weighted by Crippen LogP contribution is 2.13. The SMILES string of the molecule is C=N\C=C(F)/C(/N=C(N)/C=C(\C=N)c1ccc(C)cc1)=N\CN1CCOCC1.CC. The van der Waals surface area contributed by atoms with Gasteiger partial charge >= 0.3 is 0 Å². The van der Waals surface area contributed by atoms with Gasteiger partial charge in [0.1, 0.15) is 5.84 Å². The van der Waals surface area contributed by atoms with Crippen molar-refractivity contribution >= 4 is 30.2 Å². The summed E-state index contributed by atoms with van der Waals surface area (Å²) in [7, 11) is 0. The Kier molecular flexibility index (Phi) is 11.8. The maximum Gasteiger partial charge on any atom is 0.188 e. The highest BCUT2D eigenvalue weighted by Gasteiger charge is 2.12. The summed E-state index contributed by atoms with van der Waals surface area (Å²) < 4.78 is 19.6. The monoisotopic (exact) mass is 414 g/mol. The molecule has 1 heterocycles. The van der Waals surface area contributed by atoms with Gasteiger partial charge in [0.15, 0.2) is 11.7 Å². The normalized spacial score (nSPS) is 16.5. The number of benzene rings is 1. The molecule has 1 aliphatic rings. The zero-order chi connectivity index (χ0) is 22.4. The summed E-state index contributed by atoms with van der Waals surface area (Å²) in [6.45, 7) is 12.2. The predicted octanol–water partition coefficient (Wildman–Crippen LogP) is 3.61. The summed E-state index contributed by atoms with van der Waals surface area (Å²) in [5.41, 5.74) is 8.45. The molecule has 1 aliphatic heterocycles. The molecule has 0 aromatic heterocycles. The first kappa shape index (κ1) is 25.1. The molecule has 0 unspecified atom stereocenters. The van der Waals surface area contributed by atoms with E-state index in [9.17, 15) is 4.39 Å². The zero-order valence-electron chi connectivity index (χ0n) is 17.9. The van der Waals surface area contributed by atoms with Crippen molar-refractivity contribution in [3.05, 3.63) is 53.5 Å². The molecule has 1 saturated heterocycles. The van der Waals surface area contributed by atoms with E-state index in [0.717, 1.165) is 17.3 Å². The summed E-state index contributed by atoms with van der Waals surface area (Å²) in [6, 6.07) is 7.64. The maximum atomic E-state index is 14.3. The van der Waals surface area contributed by atoms with Crippen LogP contribution in [0, 0.1) is 12.3 Å². The topological polar surface area (TPSA) is 99.4 Å². The number of nitrogens with two attached hydrogens (primary N) is 1. The molecule has 7 nitrogen and oxygen atoms in total. The van der Waals surface area contributed by atoms with E-state index in [2.05, 4.69) is 21.7 Å². The van der Waals surface area contributed by atoms with Crippen molar-refractivity contribution < 1.29 is 9.13 Å². The molecule has 8 heteroatoms. The summed E-state index contributed by atoms with van der Waals surface area (Å²) in [5, 5.41) is 7.63. The summed E-state index contributed by atoms with van der Waals surface area (Å²) >= 11 is 0. The van der Waals surface area contributed by atoms with Crippen LogP contribution in [-0.4, -0.2) is 62.5 Å². The molecule has 0 aliphatic carbocycles. The fraction of sp³-hybridized carbons (Fsp3) is 0.364. The quantitative estimate of drug-likeness (QED) is 0.526. The molecule has 1 fully saturated rings. The molecule has 0 spiro atoms. The smallest absolute Gasteiger partial charge is 0.188 e. The Hall–Kier alpha value is -2.97. The fourth-order valence-corrected chi connectivity index (χ4v) is 2.48. The Balaban J connectivity index is 0.00000218. The third-order valence-electron chi connectivity index (χ3n) is 4.02. The highest BCUT2D eigenvalue weighted by molar-refractivity contribution is 6.18. The number of aliphatic imine (C=N–C) groups is 3. The number of hydrogen-bond donors (Lipinski definition) is 2. The van der Waals surface area contributed by atoms with Gasteiger partial charge in [0.25, 0.3) is 0 Å². The van der Waals surface area contributed by atoms with Crippen molar-refractivity contribution in [2.45, 2.75) is 20.8 Å². The molecule has 162 valence electrons. The van der Waals surface area contributed by atoms with Crippen LogP contribution in [0.15, 0.2) is 57.3 Å². The predicted molar refractivity (Wildman–Crippen MR) is 124 cm³/mol. The van der Waals surface area contributed by atoms with E-state index in [1.165, 1.54) is 12.3 Å². The lowest BCUT2D eigenvalue weighted by Crippen LogP contribution is -2.36. The van der Waals surface area contributed by atoms with Crippen molar-refractivity contribution in [2.75, 3.05) is 33.0 Å². The van der Waals surface area contributed by atoms with E-state index >= 15 is 0 Å². The Morgan fingerprint density at radius 1 is 1.27 bits per heavy atom. The molecular formula is C22H31FN6O. The average Bonchev–Trinajstić information content (AvgIpc) is 2.78. The number of ether oxygens (including phenoxy) is 1. The van der Waals surface area contributed by atoms with Crippen molar-refractivity contribution in [1.29, 1.82) is 5.41 Å². The molecular weight excluding hydrogens is 383 g/mol. The molecule has 30 heavy (non-hydrogen) atoms. The molecule has 2 rings (SSSR count). The molecule has 3 N–H and O–H groups in total. The van der Waals surface area contributed by atoms with E-state index in [1.807, 2.05) is 49.9 Å². The minimum absolute atomic E-state index is 0.0346. The standard InChI is InChI=1S/C20H25FN6O.C2H6/c1-15-3-5-16(6-4-15)17(12-22)11-19(23)26-20(18(21)13-24-2)25-14-27-7-9-28-10-8-27;1-2/h3-6,11-13,22H,2,7-10,14H2,1H3,(H2,23,25,26);1-2H3/b17-11+,18-13+,22-12?;. The second-order valence-corrected chi connectivity index (χ2v) is 6.16. The number of amidine groups is 2. The Bertz CT molecular complexity index is 805. The van der Waals surface area contributed by atoms with Crippen LogP contribution in [0.1, 0.15) is 25.0 Å². The number of aryl methyl sites for hydroxylation is 1. The number of hydrogen-bond acceptors (Lipinski definition) is 5. The van der Waals surface area contributed by atoms with Crippen LogP contribution in [0.4, 0.5) is 4.39 Å². The first-order valence-electron chi connectivity index (χ1n) is 9.83. The Morgan fingerprint density at radius 2 is 1.90 bits per heavy atom. The molecule has 1 aromatic rings. The van der Waals surface area contributed by atoms with Gasteiger partial charge in [0, 0.05) is 24.9 Å². The van der Waals surface area contributed by atoms with E-state index in [1.54, 1.807) is 0 Å². The minimum Gasteiger partial charge on any atom is -0.384 e. The summed E-state index contributed by atoms with van der Waals surface area (Å²) in [6.07, 6.45) is 3.63. The molecule has 0 bridgehead atoms. The lowest BCUT2D eigenvalue weighted by molar-refractivity contribution is 0.0394. The van der Waals surface area contributed by atoms with Crippen LogP contribution >= 0.6 is 0 Å². The lowest BCUT2D eigenvalue weighted by Gasteiger charge is -2.24. The van der Waals surface area contributed by atoms with E-state index in [4.69, 9.17) is 15.9 Å². The van der Waals surface area contributed by atoms with Gasteiger partial charge in [-0.1, -0.05) is 43.7 Å². The van der Waals surface area contributed by atoms with Gasteiger partial charge < -0.3 is 15.9 Å². The van der Waals surface area contributed by atoms with Gasteiger partial charge in [0.05, 0.1) is 26.1 Å². The fourth-order valence-electron chi connectivity index (χ4n) is 2.48. The second kappa shape index (κ2) is 14.1. The van der Waals surface area contributed by atoms with Crippen LogP contribution in [0.25, 0.3) is 5.57 Å². The number of nitrogens with one attached hydrogen (secondary N) is 1. The largest absolute Gasteiger partial charge is 0.384 e. The van der Waals surface area contributed by atoms with Gasteiger partial charge in [-0.2, -0.15) is 0 Å². The van der Waals surface area contributed by atoms with E-state index < -0.39 is 5.83 Å². The van der Waals surface area contributed by atoms with Gasteiger partial charge in [-0.25, -0.2) is 14.4 Å². The first-order chi connectivity index (χ1) is 14.5. The second-order valence-electron chi connectivity index (χ2n) is 6.16. The maximum absolute atomic E-state index is 14.3. The molecule has 1 aromatic carbocycles. The Morgan fingerprint density at radius 3 is 2.47 bits per heavy atom. The zero-order valence-corrected chi connectivity index (χ0v) is 17.9. The number of nitrogens with zero attached hydrogens (tertiary/aromatic N) is 4. The van der Waals surface area contributed by atoms with Gasteiger partial charge in [-0.3, -0.25) is 9.89 Å². The average molecular weight is 415 g/mol. The third kappa shape index (κ3) is 8.59.